The van der Waals surface area contributed by atoms with Crippen LogP contribution in [0.4, 0.5) is 0 Å². The molecule has 3 heteroatoms. The van der Waals surface area contributed by atoms with Crippen molar-refractivity contribution in [3.63, 3.8) is 0 Å². The quantitative estimate of drug-likeness (QED) is 0.708. The SMILES string of the molecule is CNC(=O)CCC(C)(C)OCCC(C)C. The van der Waals surface area contributed by atoms with Crippen LogP contribution in [0.15, 0.2) is 0 Å². The van der Waals surface area contributed by atoms with Crippen LogP contribution < -0.4 is 5.32 Å². The summed E-state index contributed by atoms with van der Waals surface area (Å²) in [5, 5.41) is 2.62. The van der Waals surface area contributed by atoms with Crippen LogP contribution in [0.5, 0.6) is 0 Å². The molecule has 0 aromatic carbocycles. The second kappa shape index (κ2) is 6.83. The largest absolute Gasteiger partial charge is 0.376 e. The second-order valence-electron chi connectivity index (χ2n) is 4.96. The number of hydrogen-bond donors (Lipinski definition) is 1. The van der Waals surface area contributed by atoms with Gasteiger partial charge in [0.25, 0.3) is 0 Å². The van der Waals surface area contributed by atoms with Gasteiger partial charge in [0, 0.05) is 20.1 Å². The van der Waals surface area contributed by atoms with E-state index >= 15 is 0 Å². The van der Waals surface area contributed by atoms with Crippen molar-refractivity contribution in [1.29, 1.82) is 0 Å². The summed E-state index contributed by atoms with van der Waals surface area (Å²) in [7, 11) is 1.66. The smallest absolute Gasteiger partial charge is 0.219 e. The molecule has 0 unspecified atom stereocenters. The molecule has 1 amide bonds. The predicted octanol–water partition coefficient (Wildman–Crippen LogP) is 2.35. The Morgan fingerprint density at radius 2 is 2.00 bits per heavy atom. The van der Waals surface area contributed by atoms with Crippen molar-refractivity contribution in [1.82, 2.24) is 5.32 Å². The molecule has 0 heterocycles. The maximum Gasteiger partial charge on any atom is 0.219 e. The van der Waals surface area contributed by atoms with Crippen LogP contribution >= 0.6 is 0 Å². The van der Waals surface area contributed by atoms with Gasteiger partial charge in [0.1, 0.15) is 0 Å². The molecule has 1 N–H and O–H groups in total. The highest BCUT2D eigenvalue weighted by Crippen LogP contribution is 2.17. The number of rotatable bonds is 7. The first-order valence-electron chi connectivity index (χ1n) is 5.72. The summed E-state index contributed by atoms with van der Waals surface area (Å²) in [4.78, 5) is 11.1. The molecular weight excluding hydrogens is 190 g/mol. The lowest BCUT2D eigenvalue weighted by molar-refractivity contribution is -0.122. The van der Waals surface area contributed by atoms with Crippen molar-refractivity contribution in [2.24, 2.45) is 5.92 Å². The lowest BCUT2D eigenvalue weighted by Crippen LogP contribution is -2.28. The number of carbonyl (C=O) groups excluding carboxylic acids is 1. The average Bonchev–Trinajstić information content (AvgIpc) is 2.13. The van der Waals surface area contributed by atoms with Crippen molar-refractivity contribution < 1.29 is 9.53 Å². The molecule has 0 aliphatic rings. The van der Waals surface area contributed by atoms with Crippen LogP contribution in [0.2, 0.25) is 0 Å². The number of amides is 1. The van der Waals surface area contributed by atoms with Crippen molar-refractivity contribution in [3.8, 4) is 0 Å². The van der Waals surface area contributed by atoms with E-state index in [9.17, 15) is 4.79 Å². The summed E-state index contributed by atoms with van der Waals surface area (Å²) in [5.74, 6) is 0.746. The van der Waals surface area contributed by atoms with E-state index in [2.05, 4.69) is 19.2 Å². The van der Waals surface area contributed by atoms with Crippen LogP contribution in [-0.2, 0) is 9.53 Å². The third-order valence-corrected chi connectivity index (χ3v) is 2.42. The van der Waals surface area contributed by atoms with Gasteiger partial charge in [-0.1, -0.05) is 13.8 Å². The molecule has 0 aliphatic carbocycles. The Hall–Kier alpha value is -0.570. The Labute approximate surface area is 93.6 Å². The minimum atomic E-state index is -0.193. The fourth-order valence-electron chi connectivity index (χ4n) is 1.18. The highest BCUT2D eigenvalue weighted by atomic mass is 16.5. The lowest BCUT2D eigenvalue weighted by atomic mass is 10.0. The highest BCUT2D eigenvalue weighted by molar-refractivity contribution is 5.75. The Bertz CT molecular complexity index is 188. The van der Waals surface area contributed by atoms with Gasteiger partial charge in [-0.05, 0) is 32.6 Å². The van der Waals surface area contributed by atoms with Gasteiger partial charge in [-0.3, -0.25) is 4.79 Å². The zero-order valence-corrected chi connectivity index (χ0v) is 10.7. The predicted molar refractivity (Wildman–Crippen MR) is 62.8 cm³/mol. The zero-order chi connectivity index (χ0) is 11.9. The second-order valence-corrected chi connectivity index (χ2v) is 4.96. The topological polar surface area (TPSA) is 38.3 Å². The molecule has 0 rings (SSSR count). The minimum Gasteiger partial charge on any atom is -0.376 e. The van der Waals surface area contributed by atoms with E-state index in [1.807, 2.05) is 13.8 Å². The van der Waals surface area contributed by atoms with Gasteiger partial charge in [0.05, 0.1) is 5.60 Å². The van der Waals surface area contributed by atoms with Crippen molar-refractivity contribution in [3.05, 3.63) is 0 Å². The van der Waals surface area contributed by atoms with Gasteiger partial charge < -0.3 is 10.1 Å². The summed E-state index contributed by atoms with van der Waals surface area (Å²) < 4.78 is 5.76. The standard InChI is InChI=1S/C12H25NO2/c1-10(2)7-9-15-12(3,4)8-6-11(14)13-5/h10H,6-9H2,1-5H3,(H,13,14). The Morgan fingerprint density at radius 3 is 2.47 bits per heavy atom. The first-order chi connectivity index (χ1) is 6.87. The van der Waals surface area contributed by atoms with Gasteiger partial charge in [0.15, 0.2) is 0 Å². The number of carbonyl (C=O) groups is 1. The van der Waals surface area contributed by atoms with Crippen molar-refractivity contribution >= 4 is 5.91 Å². The van der Waals surface area contributed by atoms with Crippen molar-refractivity contribution in [2.45, 2.75) is 52.6 Å². The summed E-state index contributed by atoms with van der Waals surface area (Å²) in [5.41, 5.74) is -0.193. The van der Waals surface area contributed by atoms with Crippen LogP contribution in [-0.4, -0.2) is 25.2 Å². The maximum absolute atomic E-state index is 11.1. The van der Waals surface area contributed by atoms with Gasteiger partial charge in [-0.2, -0.15) is 0 Å². The normalized spacial score (nSPS) is 11.9. The fourth-order valence-corrected chi connectivity index (χ4v) is 1.18. The number of ether oxygens (including phenoxy) is 1. The molecule has 3 nitrogen and oxygen atoms in total. The van der Waals surface area contributed by atoms with E-state index in [1.54, 1.807) is 7.05 Å². The van der Waals surface area contributed by atoms with Crippen LogP contribution in [0.1, 0.15) is 47.0 Å². The summed E-state index contributed by atoms with van der Waals surface area (Å²) >= 11 is 0. The molecular formula is C12H25NO2. The third kappa shape index (κ3) is 8.43. The van der Waals surface area contributed by atoms with E-state index in [0.717, 1.165) is 19.4 Å². The average molecular weight is 215 g/mol. The monoisotopic (exact) mass is 215 g/mol. The van der Waals surface area contributed by atoms with E-state index in [-0.39, 0.29) is 11.5 Å². The summed E-state index contributed by atoms with van der Waals surface area (Å²) in [6.07, 6.45) is 2.37. The van der Waals surface area contributed by atoms with E-state index in [4.69, 9.17) is 4.74 Å². The molecule has 0 saturated heterocycles. The third-order valence-electron chi connectivity index (χ3n) is 2.42. The fraction of sp³-hybridized carbons (Fsp3) is 0.917. The van der Waals surface area contributed by atoms with Crippen LogP contribution in [0.3, 0.4) is 0 Å². The molecule has 0 radical (unpaired) electrons. The van der Waals surface area contributed by atoms with Gasteiger partial charge in [-0.25, -0.2) is 0 Å². The Kier molecular flexibility index (Phi) is 6.57. The molecule has 15 heavy (non-hydrogen) atoms. The van der Waals surface area contributed by atoms with E-state index < -0.39 is 0 Å². The molecule has 0 bridgehead atoms. The van der Waals surface area contributed by atoms with E-state index in [1.165, 1.54) is 0 Å². The molecule has 0 spiro atoms. The molecule has 0 fully saturated rings. The summed E-state index contributed by atoms with van der Waals surface area (Å²) in [6, 6.07) is 0. The maximum atomic E-state index is 11.1. The van der Waals surface area contributed by atoms with Crippen molar-refractivity contribution in [2.75, 3.05) is 13.7 Å². The van der Waals surface area contributed by atoms with Gasteiger partial charge in [-0.15, -0.1) is 0 Å². The molecule has 90 valence electrons. The van der Waals surface area contributed by atoms with Crippen LogP contribution in [0, 0.1) is 5.92 Å². The number of nitrogens with one attached hydrogen (secondary N) is 1. The Morgan fingerprint density at radius 1 is 1.40 bits per heavy atom. The number of hydrogen-bond acceptors (Lipinski definition) is 2. The molecule has 0 aromatic heterocycles. The van der Waals surface area contributed by atoms with E-state index in [0.29, 0.717) is 12.3 Å². The molecule has 0 saturated carbocycles. The first-order valence-corrected chi connectivity index (χ1v) is 5.72. The molecule has 0 aliphatic heterocycles. The molecule has 0 atom stereocenters. The first kappa shape index (κ1) is 14.4. The van der Waals surface area contributed by atoms with Crippen LogP contribution in [0.25, 0.3) is 0 Å². The van der Waals surface area contributed by atoms with Gasteiger partial charge >= 0.3 is 0 Å². The summed E-state index contributed by atoms with van der Waals surface area (Å²) in [6.45, 7) is 9.22. The minimum absolute atomic E-state index is 0.0792. The lowest BCUT2D eigenvalue weighted by Gasteiger charge is -2.25. The Balaban J connectivity index is 3.71. The highest BCUT2D eigenvalue weighted by Gasteiger charge is 2.19. The van der Waals surface area contributed by atoms with Gasteiger partial charge in [0.2, 0.25) is 5.91 Å². The molecule has 0 aromatic rings. The zero-order valence-electron chi connectivity index (χ0n) is 10.7.